The molecular weight excluding hydrogens is 386 g/mol. The standard InChI is InChI=1S/C22H27N3O5/c1-5-6-11-22(4)20(28)25(21(29)24-22)12-17(26)30-14(3)19(27)18-13(2)23-16-10-8-7-9-15(16)18/h7-10,14,23H,5-6,11-12H2,1-4H3,(H,24,29)/t14-,22-/m0/s1. The fraction of sp³-hybridized carbons (Fsp3) is 0.455. The van der Waals surface area contributed by atoms with Crippen molar-refractivity contribution in [1.82, 2.24) is 15.2 Å². The van der Waals surface area contributed by atoms with Crippen molar-refractivity contribution in [2.45, 2.75) is 58.6 Å². The van der Waals surface area contributed by atoms with Gasteiger partial charge in [0.1, 0.15) is 12.1 Å². The Labute approximate surface area is 174 Å². The first-order valence-corrected chi connectivity index (χ1v) is 10.1. The maximum absolute atomic E-state index is 12.9. The third-order valence-corrected chi connectivity index (χ3v) is 5.48. The van der Waals surface area contributed by atoms with Crippen LogP contribution in [0.1, 0.15) is 56.1 Å². The summed E-state index contributed by atoms with van der Waals surface area (Å²) in [4.78, 5) is 54.1. The Morgan fingerprint density at radius 3 is 2.63 bits per heavy atom. The van der Waals surface area contributed by atoms with Gasteiger partial charge in [-0.15, -0.1) is 0 Å². The van der Waals surface area contributed by atoms with Gasteiger partial charge in [-0.2, -0.15) is 0 Å². The molecule has 3 amide bonds. The summed E-state index contributed by atoms with van der Waals surface area (Å²) in [6.45, 7) is 6.38. The number of ether oxygens (including phenoxy) is 1. The summed E-state index contributed by atoms with van der Waals surface area (Å²) in [5.41, 5.74) is 0.955. The zero-order valence-electron chi connectivity index (χ0n) is 17.7. The lowest BCUT2D eigenvalue weighted by molar-refractivity contribution is -0.149. The van der Waals surface area contributed by atoms with Crippen molar-refractivity contribution < 1.29 is 23.9 Å². The van der Waals surface area contributed by atoms with Crippen LogP contribution in [-0.2, 0) is 14.3 Å². The van der Waals surface area contributed by atoms with Gasteiger partial charge in [0.2, 0.25) is 5.78 Å². The molecule has 0 radical (unpaired) electrons. The van der Waals surface area contributed by atoms with Gasteiger partial charge in [0.05, 0.1) is 0 Å². The van der Waals surface area contributed by atoms with E-state index in [1.54, 1.807) is 13.8 Å². The number of para-hydroxylation sites is 1. The number of rotatable bonds is 8. The number of Topliss-reactive ketones (excluding diaryl/α,β-unsaturated/α-hetero) is 1. The van der Waals surface area contributed by atoms with Crippen molar-refractivity contribution in [3.05, 3.63) is 35.5 Å². The molecule has 1 aliphatic heterocycles. The fourth-order valence-electron chi connectivity index (χ4n) is 3.80. The highest BCUT2D eigenvalue weighted by Gasteiger charge is 2.48. The third kappa shape index (κ3) is 3.94. The maximum atomic E-state index is 12.9. The zero-order chi connectivity index (χ0) is 22.1. The Hall–Kier alpha value is -3.16. The normalized spacial score (nSPS) is 19.8. The Morgan fingerprint density at radius 1 is 1.23 bits per heavy atom. The fourth-order valence-corrected chi connectivity index (χ4v) is 3.80. The van der Waals surface area contributed by atoms with Crippen LogP contribution >= 0.6 is 0 Å². The number of urea groups is 1. The maximum Gasteiger partial charge on any atom is 0.326 e. The minimum absolute atomic E-state index is 0.344. The van der Waals surface area contributed by atoms with Gasteiger partial charge in [0.25, 0.3) is 5.91 Å². The van der Waals surface area contributed by atoms with E-state index in [2.05, 4.69) is 10.3 Å². The van der Waals surface area contributed by atoms with Crippen molar-refractivity contribution in [2.24, 2.45) is 0 Å². The summed E-state index contributed by atoms with van der Waals surface area (Å²) in [6.07, 6.45) is 1.10. The average Bonchev–Trinajstić information content (AvgIpc) is 3.14. The number of hydrogen-bond acceptors (Lipinski definition) is 5. The van der Waals surface area contributed by atoms with Gasteiger partial charge in [0.15, 0.2) is 6.10 Å². The molecule has 1 aromatic heterocycles. The monoisotopic (exact) mass is 413 g/mol. The number of nitrogens with zero attached hydrogens (tertiary/aromatic N) is 1. The summed E-state index contributed by atoms with van der Waals surface area (Å²) in [6, 6.07) is 6.76. The van der Waals surface area contributed by atoms with Gasteiger partial charge in [-0.1, -0.05) is 38.0 Å². The number of nitrogens with one attached hydrogen (secondary N) is 2. The van der Waals surface area contributed by atoms with Crippen LogP contribution in [0, 0.1) is 6.92 Å². The van der Waals surface area contributed by atoms with Gasteiger partial charge in [-0.05, 0) is 33.3 Å². The highest BCUT2D eigenvalue weighted by Crippen LogP contribution is 2.25. The second kappa shape index (κ2) is 8.30. The van der Waals surface area contributed by atoms with E-state index in [4.69, 9.17) is 4.74 Å². The van der Waals surface area contributed by atoms with E-state index in [-0.39, 0.29) is 5.78 Å². The van der Waals surface area contributed by atoms with Crippen LogP contribution in [0.15, 0.2) is 24.3 Å². The number of benzene rings is 1. The van der Waals surface area contributed by atoms with Crippen LogP contribution in [0.25, 0.3) is 10.9 Å². The molecule has 2 heterocycles. The predicted octanol–water partition coefficient (Wildman–Crippen LogP) is 3.09. The summed E-state index contributed by atoms with van der Waals surface area (Å²) >= 11 is 0. The third-order valence-electron chi connectivity index (χ3n) is 5.48. The number of aromatic amines is 1. The highest BCUT2D eigenvalue weighted by molar-refractivity contribution is 6.12. The van der Waals surface area contributed by atoms with E-state index in [0.717, 1.165) is 28.6 Å². The van der Waals surface area contributed by atoms with Gasteiger partial charge in [0, 0.05) is 22.2 Å². The lowest BCUT2D eigenvalue weighted by Crippen LogP contribution is -2.44. The van der Waals surface area contributed by atoms with Crippen molar-refractivity contribution in [2.75, 3.05) is 6.54 Å². The Bertz CT molecular complexity index is 1010. The number of hydrogen-bond donors (Lipinski definition) is 2. The minimum Gasteiger partial charge on any atom is -0.453 e. The van der Waals surface area contributed by atoms with E-state index in [1.807, 2.05) is 31.2 Å². The molecule has 0 saturated carbocycles. The molecule has 30 heavy (non-hydrogen) atoms. The van der Waals surface area contributed by atoms with Crippen LogP contribution in [0.3, 0.4) is 0 Å². The first-order chi connectivity index (χ1) is 14.2. The second-order valence-electron chi connectivity index (χ2n) is 7.92. The molecule has 2 aromatic rings. The molecule has 1 aromatic carbocycles. The van der Waals surface area contributed by atoms with Crippen molar-refractivity contribution >= 4 is 34.6 Å². The van der Waals surface area contributed by atoms with Crippen molar-refractivity contribution in [3.63, 3.8) is 0 Å². The average molecular weight is 413 g/mol. The molecule has 2 N–H and O–H groups in total. The molecule has 1 aliphatic rings. The van der Waals surface area contributed by atoms with Gasteiger partial charge in [-0.25, -0.2) is 4.79 Å². The Balaban J connectivity index is 1.67. The molecule has 0 spiro atoms. The number of aryl methyl sites for hydroxylation is 1. The molecule has 2 atom stereocenters. The van der Waals surface area contributed by atoms with Crippen LogP contribution in [0.2, 0.25) is 0 Å². The number of amides is 3. The molecule has 0 unspecified atom stereocenters. The predicted molar refractivity (Wildman–Crippen MR) is 111 cm³/mol. The first-order valence-electron chi connectivity index (χ1n) is 10.1. The molecule has 8 nitrogen and oxygen atoms in total. The topological polar surface area (TPSA) is 109 Å². The number of aromatic nitrogens is 1. The van der Waals surface area contributed by atoms with Crippen molar-refractivity contribution in [3.8, 4) is 0 Å². The molecule has 0 aliphatic carbocycles. The SMILES string of the molecule is CCCC[C@]1(C)NC(=O)N(CC(=O)O[C@@H](C)C(=O)c2c(C)[nH]c3ccccc23)C1=O. The Morgan fingerprint density at radius 2 is 1.93 bits per heavy atom. The first kappa shape index (κ1) is 21.5. The number of H-pyrrole nitrogens is 1. The molecule has 160 valence electrons. The molecule has 3 rings (SSSR count). The van der Waals surface area contributed by atoms with Gasteiger partial charge >= 0.3 is 12.0 Å². The van der Waals surface area contributed by atoms with Crippen molar-refractivity contribution in [1.29, 1.82) is 0 Å². The van der Waals surface area contributed by atoms with E-state index in [0.29, 0.717) is 17.7 Å². The summed E-state index contributed by atoms with van der Waals surface area (Å²) in [5.74, 6) is -1.61. The number of carbonyl (C=O) groups is 4. The number of fused-ring (bicyclic) bond motifs is 1. The van der Waals surface area contributed by atoms with Crippen LogP contribution < -0.4 is 5.32 Å². The van der Waals surface area contributed by atoms with E-state index in [1.165, 1.54) is 6.92 Å². The largest absolute Gasteiger partial charge is 0.453 e. The number of unbranched alkanes of at least 4 members (excludes halogenated alkanes) is 1. The summed E-state index contributed by atoms with van der Waals surface area (Å²) in [5, 5.41) is 3.41. The lowest BCUT2D eigenvalue weighted by atomic mass is 9.95. The quantitative estimate of drug-likeness (QED) is 0.393. The number of carbonyl (C=O) groups excluding carboxylic acids is 4. The number of ketones is 1. The van der Waals surface area contributed by atoms with Gasteiger partial charge in [-0.3, -0.25) is 19.3 Å². The van der Waals surface area contributed by atoms with Crippen LogP contribution in [-0.4, -0.2) is 51.8 Å². The smallest absolute Gasteiger partial charge is 0.326 e. The minimum atomic E-state index is -1.05. The van der Waals surface area contributed by atoms with E-state index < -0.39 is 36.1 Å². The van der Waals surface area contributed by atoms with E-state index >= 15 is 0 Å². The zero-order valence-corrected chi connectivity index (χ0v) is 17.7. The number of esters is 1. The summed E-state index contributed by atoms with van der Waals surface area (Å²) in [7, 11) is 0. The molecule has 8 heteroatoms. The van der Waals surface area contributed by atoms with Crippen LogP contribution in [0.5, 0.6) is 0 Å². The number of imide groups is 1. The molecule has 1 fully saturated rings. The molecule has 0 bridgehead atoms. The lowest BCUT2D eigenvalue weighted by Gasteiger charge is -2.21. The highest BCUT2D eigenvalue weighted by atomic mass is 16.5. The van der Waals surface area contributed by atoms with Crippen LogP contribution in [0.4, 0.5) is 4.79 Å². The summed E-state index contributed by atoms with van der Waals surface area (Å²) < 4.78 is 5.27. The Kier molecular flexibility index (Phi) is 5.96. The van der Waals surface area contributed by atoms with Gasteiger partial charge < -0.3 is 15.0 Å². The van der Waals surface area contributed by atoms with E-state index in [9.17, 15) is 19.2 Å². The molecule has 1 saturated heterocycles. The molecular formula is C22H27N3O5. The second-order valence-corrected chi connectivity index (χ2v) is 7.92.